The van der Waals surface area contributed by atoms with Crippen molar-refractivity contribution < 1.29 is 18.0 Å². The van der Waals surface area contributed by atoms with Crippen molar-refractivity contribution in [2.75, 3.05) is 5.32 Å². The van der Waals surface area contributed by atoms with Gasteiger partial charge in [-0.15, -0.1) is 0 Å². The van der Waals surface area contributed by atoms with E-state index in [-0.39, 0.29) is 24.5 Å². The Hall–Kier alpha value is -3.79. The maximum Gasteiger partial charge on any atom is 0.410 e. The zero-order valence-corrected chi connectivity index (χ0v) is 19.0. The van der Waals surface area contributed by atoms with Crippen molar-refractivity contribution in [2.45, 2.75) is 31.2 Å². The molecule has 0 bridgehead atoms. The molecule has 180 valence electrons. The molecule has 11 heteroatoms. The molecule has 0 saturated heterocycles. The molecule has 0 radical (unpaired) electrons. The van der Waals surface area contributed by atoms with Crippen molar-refractivity contribution in [1.82, 2.24) is 24.9 Å². The van der Waals surface area contributed by atoms with Crippen molar-refractivity contribution in [3.05, 3.63) is 94.9 Å². The lowest BCUT2D eigenvalue weighted by atomic mass is 9.97. The van der Waals surface area contributed by atoms with Crippen LogP contribution < -0.4 is 10.6 Å². The van der Waals surface area contributed by atoms with E-state index in [1.807, 2.05) is 36.5 Å². The van der Waals surface area contributed by atoms with Crippen LogP contribution in [0.2, 0.25) is 5.02 Å². The number of rotatable bonds is 5. The van der Waals surface area contributed by atoms with E-state index in [0.717, 1.165) is 15.9 Å². The van der Waals surface area contributed by atoms with Crippen LogP contribution in [0.15, 0.2) is 73.1 Å². The number of hydrogen-bond donors (Lipinski definition) is 2. The molecule has 1 amide bonds. The fourth-order valence-electron chi connectivity index (χ4n) is 4.06. The van der Waals surface area contributed by atoms with Gasteiger partial charge in [0.25, 0.3) is 5.91 Å². The summed E-state index contributed by atoms with van der Waals surface area (Å²) in [6, 6.07) is 14.7. The summed E-state index contributed by atoms with van der Waals surface area (Å²) < 4.78 is 44.2. The van der Waals surface area contributed by atoms with Crippen molar-refractivity contribution in [3.8, 4) is 5.69 Å². The highest BCUT2D eigenvalue weighted by atomic mass is 35.5. The maximum absolute atomic E-state index is 13.9. The maximum atomic E-state index is 13.9. The van der Waals surface area contributed by atoms with Crippen LogP contribution >= 0.6 is 11.6 Å². The Morgan fingerprint density at radius 1 is 1.14 bits per heavy atom. The first kappa shape index (κ1) is 23.0. The predicted molar refractivity (Wildman–Crippen MR) is 124 cm³/mol. The number of nitrogens with zero attached hydrogens (tertiary/aromatic N) is 4. The van der Waals surface area contributed by atoms with E-state index in [1.165, 1.54) is 6.07 Å². The minimum atomic E-state index is -4.53. The highest BCUT2D eigenvalue weighted by Crippen LogP contribution is 2.43. The van der Waals surface area contributed by atoms with Crippen LogP contribution in [0, 0.1) is 0 Å². The number of aromatic nitrogens is 4. The Morgan fingerprint density at radius 3 is 2.54 bits per heavy atom. The molecule has 0 fully saturated rings. The lowest BCUT2D eigenvalue weighted by Crippen LogP contribution is -2.35. The third kappa shape index (κ3) is 4.88. The van der Waals surface area contributed by atoms with Crippen LogP contribution in [0.25, 0.3) is 5.69 Å². The van der Waals surface area contributed by atoms with Crippen LogP contribution in [-0.2, 0) is 6.54 Å². The normalized spacial score (nSPS) is 17.5. The molecule has 2 atom stereocenters. The number of amides is 1. The van der Waals surface area contributed by atoms with E-state index in [0.29, 0.717) is 10.6 Å². The minimum Gasteiger partial charge on any atom is -0.363 e. The highest BCUT2D eigenvalue weighted by molar-refractivity contribution is 6.30. The van der Waals surface area contributed by atoms with Crippen LogP contribution in [0.4, 0.5) is 19.0 Å². The van der Waals surface area contributed by atoms with Crippen molar-refractivity contribution in [2.24, 2.45) is 0 Å². The molecule has 1 aliphatic rings. The van der Waals surface area contributed by atoms with Crippen LogP contribution in [0.3, 0.4) is 0 Å². The Kier molecular flexibility index (Phi) is 5.98. The van der Waals surface area contributed by atoms with Crippen LogP contribution in [0.1, 0.15) is 40.1 Å². The zero-order valence-electron chi connectivity index (χ0n) is 18.2. The molecule has 0 unspecified atom stereocenters. The van der Waals surface area contributed by atoms with Gasteiger partial charge in [0.1, 0.15) is 5.82 Å². The van der Waals surface area contributed by atoms with Gasteiger partial charge in [-0.05, 0) is 41.5 Å². The lowest BCUT2D eigenvalue weighted by molar-refractivity contribution is -0.173. The van der Waals surface area contributed by atoms with Gasteiger partial charge in [0.2, 0.25) is 0 Å². The molecule has 7 nitrogen and oxygen atoms in total. The molecule has 0 spiro atoms. The van der Waals surface area contributed by atoms with E-state index in [9.17, 15) is 18.0 Å². The first-order valence-electron chi connectivity index (χ1n) is 10.8. The smallest absolute Gasteiger partial charge is 0.363 e. The third-order valence-electron chi connectivity index (χ3n) is 5.85. The third-order valence-corrected chi connectivity index (χ3v) is 6.11. The van der Waals surface area contributed by atoms with Crippen molar-refractivity contribution >= 4 is 23.3 Å². The Labute approximate surface area is 203 Å². The van der Waals surface area contributed by atoms with Gasteiger partial charge in [0, 0.05) is 36.4 Å². The molecule has 1 aliphatic heterocycles. The topological polar surface area (TPSA) is 76.8 Å². The molecular weight excluding hydrogens is 481 g/mol. The summed E-state index contributed by atoms with van der Waals surface area (Å²) >= 11 is 5.91. The summed E-state index contributed by atoms with van der Waals surface area (Å²) in [5.41, 5.74) is 2.27. The highest BCUT2D eigenvalue weighted by Gasteiger charge is 2.46. The molecule has 0 aliphatic carbocycles. The summed E-state index contributed by atoms with van der Waals surface area (Å²) in [4.78, 5) is 12.7. The van der Waals surface area contributed by atoms with Gasteiger partial charge in [-0.3, -0.25) is 4.79 Å². The van der Waals surface area contributed by atoms with Gasteiger partial charge in [-0.25, -0.2) is 9.36 Å². The van der Waals surface area contributed by atoms with Gasteiger partial charge < -0.3 is 10.6 Å². The SMILES string of the molecule is O=C(NCc1ccc(-n2cccn2)cc1)c1cc2n(n1)[C@@H](C(F)(F)F)C[C@H](c1ccc(Cl)cc1)N2. The minimum absolute atomic E-state index is 0.0910. The number of carbonyl (C=O) groups is 1. The molecule has 2 aromatic carbocycles. The van der Waals surface area contributed by atoms with Gasteiger partial charge in [0.15, 0.2) is 11.7 Å². The quantitative estimate of drug-likeness (QED) is 0.389. The van der Waals surface area contributed by atoms with E-state index in [2.05, 4.69) is 20.8 Å². The first-order chi connectivity index (χ1) is 16.8. The Balaban J connectivity index is 1.31. The standard InChI is InChI=1S/C24H20ClF3N6O/c25-17-6-4-16(5-7-17)19-12-21(24(26,27)28)34-22(31-19)13-20(32-34)23(35)29-14-15-2-8-18(9-3-15)33-11-1-10-30-33/h1-11,13,19,21,31H,12,14H2,(H,29,35)/t19-,21-/m1/s1. The van der Waals surface area contributed by atoms with Crippen LogP contribution in [-0.4, -0.2) is 31.6 Å². The average molecular weight is 501 g/mol. The monoisotopic (exact) mass is 500 g/mol. The Morgan fingerprint density at radius 2 is 1.89 bits per heavy atom. The number of carbonyl (C=O) groups excluding carboxylic acids is 1. The van der Waals surface area contributed by atoms with Crippen LogP contribution in [0.5, 0.6) is 0 Å². The van der Waals surface area contributed by atoms with Gasteiger partial charge in [-0.1, -0.05) is 35.9 Å². The molecule has 2 N–H and O–H groups in total. The van der Waals surface area contributed by atoms with E-state index >= 15 is 0 Å². The second-order valence-corrected chi connectivity index (χ2v) is 8.64. The summed E-state index contributed by atoms with van der Waals surface area (Å²) in [5.74, 6) is -0.430. The molecule has 35 heavy (non-hydrogen) atoms. The molecular formula is C24H20ClF3N6O. The Bertz CT molecular complexity index is 1320. The predicted octanol–water partition coefficient (Wildman–Crippen LogP) is 5.31. The number of hydrogen-bond acceptors (Lipinski definition) is 4. The van der Waals surface area contributed by atoms with E-state index < -0.39 is 24.2 Å². The number of alkyl halides is 3. The summed E-state index contributed by atoms with van der Waals surface area (Å²) in [7, 11) is 0. The van der Waals surface area contributed by atoms with Gasteiger partial charge in [0.05, 0.1) is 11.7 Å². The fourth-order valence-corrected chi connectivity index (χ4v) is 4.19. The summed E-state index contributed by atoms with van der Waals surface area (Å²) in [6.45, 7) is 0.198. The van der Waals surface area contributed by atoms with E-state index in [4.69, 9.17) is 11.6 Å². The van der Waals surface area contributed by atoms with Gasteiger partial charge in [-0.2, -0.15) is 23.4 Å². The fraction of sp³-hybridized carbons (Fsp3) is 0.208. The number of fused-ring (bicyclic) bond motifs is 1. The zero-order chi connectivity index (χ0) is 24.6. The molecule has 2 aromatic heterocycles. The summed E-state index contributed by atoms with van der Waals surface area (Å²) in [6.07, 6.45) is -1.30. The molecule has 3 heterocycles. The van der Waals surface area contributed by atoms with Crippen molar-refractivity contribution in [1.29, 1.82) is 0 Å². The van der Waals surface area contributed by atoms with E-state index in [1.54, 1.807) is 35.1 Å². The average Bonchev–Trinajstić information content (AvgIpc) is 3.52. The first-order valence-corrected chi connectivity index (χ1v) is 11.2. The number of anilines is 1. The second-order valence-electron chi connectivity index (χ2n) is 8.20. The molecule has 0 saturated carbocycles. The number of benzene rings is 2. The molecule has 5 rings (SSSR count). The van der Waals surface area contributed by atoms with Crippen molar-refractivity contribution in [3.63, 3.8) is 0 Å². The molecule has 4 aromatic rings. The number of halogens is 4. The largest absolute Gasteiger partial charge is 0.410 e. The lowest BCUT2D eigenvalue weighted by Gasteiger charge is -2.33. The number of nitrogens with one attached hydrogen (secondary N) is 2. The second kappa shape index (κ2) is 9.10. The summed E-state index contributed by atoms with van der Waals surface area (Å²) in [5, 5.41) is 14.4. The van der Waals surface area contributed by atoms with Gasteiger partial charge >= 0.3 is 6.18 Å².